The Hall–Kier alpha value is -3.59. The molecule has 206 valence electrons. The summed E-state index contributed by atoms with van der Waals surface area (Å²) in [5.74, 6) is -0.339. The Bertz CT molecular complexity index is 1280. The highest BCUT2D eigenvalue weighted by Crippen LogP contribution is 2.40. The van der Waals surface area contributed by atoms with Gasteiger partial charge in [-0.15, -0.1) is 0 Å². The van der Waals surface area contributed by atoms with Crippen LogP contribution in [0.2, 0.25) is 5.02 Å². The molecule has 0 bridgehead atoms. The van der Waals surface area contributed by atoms with E-state index in [-0.39, 0.29) is 6.42 Å². The van der Waals surface area contributed by atoms with Gasteiger partial charge in [0.05, 0.1) is 26.4 Å². The summed E-state index contributed by atoms with van der Waals surface area (Å²) < 4.78 is 22.4. The number of hydrogen-bond acceptors (Lipinski definition) is 6. The summed E-state index contributed by atoms with van der Waals surface area (Å²) in [7, 11) is 4.80. The molecule has 1 amide bonds. The molecular formula is C30H32ClNO7. The number of carbonyl (C=O) groups is 2. The average Bonchev–Trinajstić information content (AvgIpc) is 3.44. The minimum absolute atomic E-state index is 0.0963. The van der Waals surface area contributed by atoms with Crippen LogP contribution in [0.3, 0.4) is 0 Å². The van der Waals surface area contributed by atoms with E-state index in [1.165, 1.54) is 0 Å². The Labute approximate surface area is 232 Å². The molecule has 0 spiro atoms. The number of ether oxygens (including phenoxy) is 4. The fraction of sp³-hybridized carbons (Fsp3) is 0.333. The fourth-order valence-corrected chi connectivity index (χ4v) is 5.04. The number of methoxy groups -OCH3 is 3. The van der Waals surface area contributed by atoms with Gasteiger partial charge in [0.25, 0.3) is 5.91 Å². The van der Waals surface area contributed by atoms with Crippen LogP contribution in [0.1, 0.15) is 29.5 Å². The minimum atomic E-state index is -1.25. The zero-order valence-corrected chi connectivity index (χ0v) is 22.9. The molecule has 0 aromatic heterocycles. The van der Waals surface area contributed by atoms with Gasteiger partial charge in [-0.05, 0) is 59.4 Å². The smallest absolute Gasteiger partial charge is 0.326 e. The molecule has 1 aliphatic rings. The maximum atomic E-state index is 13.4. The highest BCUT2D eigenvalue weighted by atomic mass is 35.5. The molecule has 1 unspecified atom stereocenters. The molecule has 1 fully saturated rings. The van der Waals surface area contributed by atoms with Crippen LogP contribution >= 0.6 is 11.6 Å². The lowest BCUT2D eigenvalue weighted by Crippen LogP contribution is -2.51. The number of rotatable bonds is 11. The molecule has 1 saturated heterocycles. The lowest BCUT2D eigenvalue weighted by atomic mass is 9.89. The van der Waals surface area contributed by atoms with Crippen LogP contribution in [0.25, 0.3) is 11.1 Å². The number of hydrogen-bond donors (Lipinski definition) is 2. The van der Waals surface area contributed by atoms with Gasteiger partial charge >= 0.3 is 5.97 Å². The van der Waals surface area contributed by atoms with Crippen molar-refractivity contribution in [1.82, 2.24) is 5.32 Å². The Balaban J connectivity index is 1.55. The second-order valence-corrected chi connectivity index (χ2v) is 9.80. The number of carbonyl (C=O) groups excluding carboxylic acids is 1. The van der Waals surface area contributed by atoms with Gasteiger partial charge in [-0.3, -0.25) is 4.79 Å². The highest BCUT2D eigenvalue weighted by molar-refractivity contribution is 6.30. The highest BCUT2D eigenvalue weighted by Gasteiger charge is 2.45. The third-order valence-corrected chi connectivity index (χ3v) is 7.11. The predicted molar refractivity (Wildman–Crippen MR) is 147 cm³/mol. The van der Waals surface area contributed by atoms with E-state index in [2.05, 4.69) is 5.32 Å². The molecule has 0 radical (unpaired) electrons. The molecule has 8 nitrogen and oxygen atoms in total. The van der Waals surface area contributed by atoms with Gasteiger partial charge in [-0.2, -0.15) is 0 Å². The van der Waals surface area contributed by atoms with Crippen LogP contribution in [-0.4, -0.2) is 51.0 Å². The Morgan fingerprint density at radius 2 is 1.64 bits per heavy atom. The first-order chi connectivity index (χ1) is 18.8. The minimum Gasteiger partial charge on any atom is -0.496 e. The van der Waals surface area contributed by atoms with E-state index >= 15 is 0 Å². The van der Waals surface area contributed by atoms with Gasteiger partial charge < -0.3 is 29.4 Å². The number of nitrogens with one attached hydrogen (secondary N) is 1. The maximum absolute atomic E-state index is 13.4. The summed E-state index contributed by atoms with van der Waals surface area (Å²) >= 11 is 6.03. The number of carboxylic acids is 1. The quantitative estimate of drug-likeness (QED) is 0.345. The average molecular weight is 554 g/mol. The van der Waals surface area contributed by atoms with Crippen LogP contribution in [-0.2, 0) is 37.7 Å². The summed E-state index contributed by atoms with van der Waals surface area (Å²) in [5.41, 5.74) is 2.67. The molecule has 1 heterocycles. The second-order valence-electron chi connectivity index (χ2n) is 9.36. The molecule has 2 atom stereocenters. The lowest BCUT2D eigenvalue weighted by Gasteiger charge is -2.29. The van der Waals surface area contributed by atoms with E-state index in [1.807, 2.05) is 36.4 Å². The van der Waals surface area contributed by atoms with Crippen LogP contribution in [0.15, 0.2) is 60.7 Å². The van der Waals surface area contributed by atoms with E-state index in [1.54, 1.807) is 45.6 Å². The van der Waals surface area contributed by atoms with Crippen molar-refractivity contribution >= 4 is 23.5 Å². The maximum Gasteiger partial charge on any atom is 0.326 e. The summed E-state index contributed by atoms with van der Waals surface area (Å²) in [5, 5.41) is 13.2. The van der Waals surface area contributed by atoms with Crippen molar-refractivity contribution in [2.75, 3.05) is 27.9 Å². The molecule has 4 rings (SSSR count). The molecule has 0 saturated carbocycles. The van der Waals surface area contributed by atoms with Crippen LogP contribution < -0.4 is 14.8 Å². The van der Waals surface area contributed by atoms with Crippen molar-refractivity contribution < 1.29 is 33.6 Å². The van der Waals surface area contributed by atoms with E-state index in [0.717, 1.165) is 22.3 Å². The monoisotopic (exact) mass is 553 g/mol. The van der Waals surface area contributed by atoms with Gasteiger partial charge in [0, 0.05) is 25.2 Å². The molecular weight excluding hydrogens is 522 g/mol. The molecule has 3 aromatic carbocycles. The Kier molecular flexibility index (Phi) is 9.12. The molecule has 39 heavy (non-hydrogen) atoms. The Morgan fingerprint density at radius 3 is 2.15 bits per heavy atom. The topological polar surface area (TPSA) is 103 Å². The van der Waals surface area contributed by atoms with Crippen molar-refractivity contribution in [2.24, 2.45) is 0 Å². The van der Waals surface area contributed by atoms with E-state index < -0.39 is 23.5 Å². The van der Waals surface area contributed by atoms with Crippen LogP contribution in [0.5, 0.6) is 11.5 Å². The molecule has 3 aromatic rings. The van der Waals surface area contributed by atoms with E-state index in [0.29, 0.717) is 48.1 Å². The first-order valence-corrected chi connectivity index (χ1v) is 13.0. The molecule has 1 aliphatic heterocycles. The second kappa shape index (κ2) is 12.5. The number of benzene rings is 3. The number of carboxylic acid groups (broad SMARTS) is 1. The van der Waals surface area contributed by atoms with Gasteiger partial charge in [-0.1, -0.05) is 48.0 Å². The van der Waals surface area contributed by atoms with E-state index in [4.69, 9.17) is 30.5 Å². The standard InChI is InChI=1S/C30H32ClNO7/c1-36-18-20-16-25(37-2)27(26(17-20)38-3)21-7-5-19(6-8-21)15-24(28(33)34)32-29(35)30(13-4-14-39-30)22-9-11-23(31)12-10-22/h5-12,16-17,24H,4,13-15,18H2,1-3H3,(H,32,35)(H,33,34)/t24-,30?/m0/s1. The summed E-state index contributed by atoms with van der Waals surface area (Å²) in [6, 6.07) is 16.9. The van der Waals surface area contributed by atoms with Crippen molar-refractivity contribution in [3.05, 3.63) is 82.4 Å². The zero-order valence-electron chi connectivity index (χ0n) is 22.2. The van der Waals surface area contributed by atoms with Gasteiger partial charge in [-0.25, -0.2) is 4.79 Å². The van der Waals surface area contributed by atoms with Crippen molar-refractivity contribution in [3.63, 3.8) is 0 Å². The van der Waals surface area contributed by atoms with Gasteiger partial charge in [0.15, 0.2) is 5.60 Å². The zero-order chi connectivity index (χ0) is 28.0. The summed E-state index contributed by atoms with van der Waals surface area (Å²) in [6.45, 7) is 0.827. The molecule has 2 N–H and O–H groups in total. The van der Waals surface area contributed by atoms with Crippen molar-refractivity contribution in [2.45, 2.75) is 37.5 Å². The van der Waals surface area contributed by atoms with Crippen LogP contribution in [0, 0.1) is 0 Å². The molecule has 9 heteroatoms. The first-order valence-electron chi connectivity index (χ1n) is 12.6. The van der Waals surface area contributed by atoms with Crippen LogP contribution in [0.4, 0.5) is 0 Å². The third kappa shape index (κ3) is 6.19. The van der Waals surface area contributed by atoms with Crippen molar-refractivity contribution in [3.8, 4) is 22.6 Å². The van der Waals surface area contributed by atoms with Crippen molar-refractivity contribution in [1.29, 1.82) is 0 Å². The number of halogens is 1. The first kappa shape index (κ1) is 28.4. The third-order valence-electron chi connectivity index (χ3n) is 6.86. The van der Waals surface area contributed by atoms with E-state index in [9.17, 15) is 14.7 Å². The predicted octanol–water partition coefficient (Wildman–Crippen LogP) is 4.99. The number of amides is 1. The summed E-state index contributed by atoms with van der Waals surface area (Å²) in [6.07, 6.45) is 1.24. The molecule has 0 aliphatic carbocycles. The summed E-state index contributed by atoms with van der Waals surface area (Å²) in [4.78, 5) is 25.6. The van der Waals surface area contributed by atoms with Gasteiger partial charge in [0.2, 0.25) is 0 Å². The SMILES string of the molecule is COCc1cc(OC)c(-c2ccc(C[C@H](NC(=O)C3(c4ccc(Cl)cc4)CCCO3)C(=O)O)cc2)c(OC)c1. The lowest BCUT2D eigenvalue weighted by molar-refractivity contribution is -0.149. The Morgan fingerprint density at radius 1 is 1.00 bits per heavy atom. The van der Waals surface area contributed by atoms with Gasteiger partial charge in [0.1, 0.15) is 17.5 Å². The largest absolute Gasteiger partial charge is 0.496 e. The normalized spacial score (nSPS) is 17.4. The fourth-order valence-electron chi connectivity index (χ4n) is 4.92. The number of aliphatic carboxylic acids is 1.